The monoisotopic (exact) mass is 415 g/mol. The van der Waals surface area contributed by atoms with Crippen molar-refractivity contribution in [2.24, 2.45) is 0 Å². The molecule has 0 bridgehead atoms. The lowest BCUT2D eigenvalue weighted by Crippen LogP contribution is -2.16. The van der Waals surface area contributed by atoms with E-state index in [0.29, 0.717) is 11.9 Å². The summed E-state index contributed by atoms with van der Waals surface area (Å²) < 4.78 is 6.08. The molecule has 0 saturated heterocycles. The molecule has 1 N–H and O–H groups in total. The molecule has 30 heavy (non-hydrogen) atoms. The van der Waals surface area contributed by atoms with Gasteiger partial charge in [-0.05, 0) is 72.2 Å². The highest BCUT2D eigenvalue weighted by Gasteiger charge is 2.19. The van der Waals surface area contributed by atoms with E-state index in [-0.39, 0.29) is 0 Å². The zero-order valence-corrected chi connectivity index (χ0v) is 18.3. The summed E-state index contributed by atoms with van der Waals surface area (Å²) in [6.45, 7) is 2.15. The van der Waals surface area contributed by atoms with Crippen LogP contribution in [-0.2, 0) is 0 Å². The van der Waals surface area contributed by atoms with E-state index in [9.17, 15) is 0 Å². The predicted molar refractivity (Wildman–Crippen MR) is 130 cm³/mol. The first kappa shape index (κ1) is 20.8. The Labute approximate surface area is 185 Å². The van der Waals surface area contributed by atoms with Gasteiger partial charge in [-0.3, -0.25) is 0 Å². The fourth-order valence-electron chi connectivity index (χ4n) is 3.70. The van der Waals surface area contributed by atoms with Crippen molar-refractivity contribution < 1.29 is 4.74 Å². The van der Waals surface area contributed by atoms with Gasteiger partial charge in [0.05, 0.1) is 0 Å². The van der Waals surface area contributed by atoms with Crippen LogP contribution in [0.4, 0.5) is 0 Å². The van der Waals surface area contributed by atoms with Crippen LogP contribution in [0.2, 0.25) is 0 Å². The number of benzene rings is 3. The molecule has 1 unspecified atom stereocenters. The molecule has 4 rings (SSSR count). The molecule has 0 aromatic heterocycles. The van der Waals surface area contributed by atoms with Gasteiger partial charge in [-0.25, -0.2) is 0 Å². The highest BCUT2D eigenvalue weighted by molar-refractivity contribution is 7.80. The third-order valence-corrected chi connectivity index (χ3v) is 6.04. The lowest BCUT2D eigenvalue weighted by Gasteiger charge is -2.26. The average Bonchev–Trinajstić information content (AvgIpc) is 2.73. The second-order valence-electron chi connectivity index (χ2n) is 7.96. The zero-order valence-electron chi connectivity index (χ0n) is 17.4. The number of hydrogen-bond donors (Lipinski definition) is 2. The maximum absolute atomic E-state index is 6.08. The summed E-state index contributed by atoms with van der Waals surface area (Å²) in [5.41, 5.74) is 5.01. The molecule has 3 aromatic rings. The summed E-state index contributed by atoms with van der Waals surface area (Å²) in [5, 5.41) is 3.31. The molecular weight excluding hydrogens is 386 g/mol. The zero-order chi connectivity index (χ0) is 20.8. The number of thiol groups is 1. The van der Waals surface area contributed by atoms with Crippen LogP contribution in [0.1, 0.15) is 60.4 Å². The second kappa shape index (κ2) is 10.0. The first-order valence-corrected chi connectivity index (χ1v) is 11.3. The normalized spacial score (nSPS) is 15.1. The number of ether oxygens (including phenoxy) is 1. The van der Waals surface area contributed by atoms with Gasteiger partial charge in [-0.15, -0.1) is 0 Å². The van der Waals surface area contributed by atoms with Gasteiger partial charge >= 0.3 is 0 Å². The Balaban J connectivity index is 1.36. The van der Waals surface area contributed by atoms with Crippen molar-refractivity contribution in [2.75, 3.05) is 5.88 Å². The lowest BCUT2D eigenvalue weighted by atomic mass is 9.80. The van der Waals surface area contributed by atoms with Crippen molar-refractivity contribution in [1.82, 2.24) is 5.32 Å². The molecule has 1 saturated carbocycles. The standard InChI is InChI=1S/C27H29NOS/c1-20(28-19-30)23-14-10-21(11-15-23)8-9-22-12-16-26(17-13-22)29-27-7-3-6-25(18-27)24-4-2-5-24/h3,6-18,20,24,28,30H,2,4-5,19H2,1H3/b9-8+. The van der Waals surface area contributed by atoms with E-state index in [2.05, 4.69) is 91.6 Å². The van der Waals surface area contributed by atoms with Gasteiger partial charge in [0.2, 0.25) is 0 Å². The Morgan fingerprint density at radius 3 is 2.20 bits per heavy atom. The minimum Gasteiger partial charge on any atom is -0.457 e. The van der Waals surface area contributed by atoms with Crippen LogP contribution < -0.4 is 10.1 Å². The Morgan fingerprint density at radius 2 is 1.60 bits per heavy atom. The average molecular weight is 416 g/mol. The summed E-state index contributed by atoms with van der Waals surface area (Å²) in [4.78, 5) is 0. The van der Waals surface area contributed by atoms with Crippen molar-refractivity contribution in [2.45, 2.75) is 38.1 Å². The molecular formula is C27H29NOS. The van der Waals surface area contributed by atoms with Crippen LogP contribution in [0, 0.1) is 0 Å². The topological polar surface area (TPSA) is 21.3 Å². The Kier molecular flexibility index (Phi) is 6.93. The van der Waals surface area contributed by atoms with Gasteiger partial charge in [-0.2, -0.15) is 12.6 Å². The van der Waals surface area contributed by atoms with E-state index in [1.54, 1.807) is 0 Å². The quantitative estimate of drug-likeness (QED) is 0.226. The fraction of sp³-hybridized carbons (Fsp3) is 0.259. The Bertz CT molecular complexity index is 975. The third-order valence-electron chi connectivity index (χ3n) is 5.85. The van der Waals surface area contributed by atoms with Gasteiger partial charge in [0, 0.05) is 11.9 Å². The van der Waals surface area contributed by atoms with Crippen molar-refractivity contribution in [3.8, 4) is 11.5 Å². The smallest absolute Gasteiger partial charge is 0.127 e. The molecule has 1 fully saturated rings. The summed E-state index contributed by atoms with van der Waals surface area (Å²) in [6.07, 6.45) is 8.22. The number of hydrogen-bond acceptors (Lipinski definition) is 3. The molecule has 1 atom stereocenters. The van der Waals surface area contributed by atoms with E-state index >= 15 is 0 Å². The Morgan fingerprint density at radius 1 is 0.933 bits per heavy atom. The molecule has 3 heteroatoms. The van der Waals surface area contributed by atoms with Crippen molar-refractivity contribution in [1.29, 1.82) is 0 Å². The predicted octanol–water partition coefficient (Wildman–Crippen LogP) is 7.45. The van der Waals surface area contributed by atoms with Crippen LogP contribution >= 0.6 is 12.6 Å². The number of rotatable bonds is 8. The van der Waals surface area contributed by atoms with Crippen LogP contribution in [-0.4, -0.2) is 5.88 Å². The third kappa shape index (κ3) is 5.35. The second-order valence-corrected chi connectivity index (χ2v) is 8.27. The SMILES string of the molecule is CC(NCS)c1ccc(/C=C/c2ccc(Oc3cccc(C4CCC4)c3)cc2)cc1. The summed E-state index contributed by atoms with van der Waals surface area (Å²) in [5.74, 6) is 3.18. The van der Waals surface area contributed by atoms with Crippen molar-refractivity contribution in [3.63, 3.8) is 0 Å². The molecule has 0 amide bonds. The summed E-state index contributed by atoms with van der Waals surface area (Å²) in [6, 6.07) is 25.7. The fourth-order valence-corrected chi connectivity index (χ4v) is 3.97. The lowest BCUT2D eigenvalue weighted by molar-refractivity contribution is 0.416. The van der Waals surface area contributed by atoms with Crippen molar-refractivity contribution >= 4 is 24.8 Å². The molecule has 1 aliphatic rings. The van der Waals surface area contributed by atoms with Gasteiger partial charge < -0.3 is 10.1 Å². The first-order chi connectivity index (χ1) is 14.7. The molecule has 1 aliphatic carbocycles. The molecule has 2 nitrogen and oxygen atoms in total. The first-order valence-electron chi connectivity index (χ1n) is 10.7. The van der Waals surface area contributed by atoms with E-state index < -0.39 is 0 Å². The van der Waals surface area contributed by atoms with Gasteiger partial charge in [0.1, 0.15) is 11.5 Å². The molecule has 3 aromatic carbocycles. The maximum Gasteiger partial charge on any atom is 0.127 e. The van der Waals surface area contributed by atoms with Gasteiger partial charge in [0.15, 0.2) is 0 Å². The van der Waals surface area contributed by atoms with Crippen molar-refractivity contribution in [3.05, 3.63) is 95.1 Å². The molecule has 0 radical (unpaired) electrons. The van der Waals surface area contributed by atoms with E-state index in [1.165, 1.54) is 36.0 Å². The van der Waals surface area contributed by atoms with E-state index in [4.69, 9.17) is 4.74 Å². The van der Waals surface area contributed by atoms with Crippen LogP contribution in [0.3, 0.4) is 0 Å². The van der Waals surface area contributed by atoms with Gasteiger partial charge in [0.25, 0.3) is 0 Å². The van der Waals surface area contributed by atoms with Gasteiger partial charge in [-0.1, -0.05) is 67.1 Å². The van der Waals surface area contributed by atoms with E-state index in [1.807, 2.05) is 18.2 Å². The highest BCUT2D eigenvalue weighted by atomic mass is 32.1. The molecule has 0 aliphatic heterocycles. The minimum absolute atomic E-state index is 0.308. The summed E-state index contributed by atoms with van der Waals surface area (Å²) in [7, 11) is 0. The van der Waals surface area contributed by atoms with Crippen LogP contribution in [0.15, 0.2) is 72.8 Å². The van der Waals surface area contributed by atoms with Crippen LogP contribution in [0.5, 0.6) is 11.5 Å². The maximum atomic E-state index is 6.08. The molecule has 154 valence electrons. The number of nitrogens with one attached hydrogen (secondary N) is 1. The minimum atomic E-state index is 0.308. The Hall–Kier alpha value is -2.49. The molecule has 0 heterocycles. The molecule has 0 spiro atoms. The summed E-state index contributed by atoms with van der Waals surface area (Å²) >= 11 is 4.23. The largest absolute Gasteiger partial charge is 0.457 e. The highest BCUT2D eigenvalue weighted by Crippen LogP contribution is 2.37. The van der Waals surface area contributed by atoms with Crippen LogP contribution in [0.25, 0.3) is 12.2 Å². The van der Waals surface area contributed by atoms with E-state index in [0.717, 1.165) is 23.0 Å².